The molecule has 0 saturated carbocycles. The number of aromatic nitrogens is 1. The molecule has 0 aliphatic heterocycles. The highest BCUT2D eigenvalue weighted by atomic mass is 15.0. The van der Waals surface area contributed by atoms with Crippen molar-refractivity contribution in [1.29, 1.82) is 0 Å². The van der Waals surface area contributed by atoms with Gasteiger partial charge in [-0.05, 0) is 51.8 Å². The van der Waals surface area contributed by atoms with Crippen LogP contribution in [0.1, 0.15) is 48.0 Å². The van der Waals surface area contributed by atoms with Crippen molar-refractivity contribution in [3.8, 4) is 0 Å². The third kappa shape index (κ3) is 3.13. The van der Waals surface area contributed by atoms with Gasteiger partial charge in [-0.2, -0.15) is 0 Å². The molecule has 0 aliphatic rings. The number of nitrogens with zero attached hydrogens (tertiary/aromatic N) is 1. The van der Waals surface area contributed by atoms with Gasteiger partial charge in [-0.25, -0.2) is 0 Å². The summed E-state index contributed by atoms with van der Waals surface area (Å²) in [7, 11) is 0. The van der Waals surface area contributed by atoms with E-state index in [0.717, 1.165) is 13.1 Å². The van der Waals surface area contributed by atoms with Crippen LogP contribution in [0.4, 0.5) is 0 Å². The first-order valence-corrected chi connectivity index (χ1v) is 7.48. The molecule has 2 nitrogen and oxygen atoms in total. The van der Waals surface area contributed by atoms with E-state index in [1.54, 1.807) is 0 Å². The molecule has 1 atom stereocenters. The summed E-state index contributed by atoms with van der Waals surface area (Å²) in [4.78, 5) is 0. The fourth-order valence-electron chi connectivity index (χ4n) is 2.77. The highest BCUT2D eigenvalue weighted by Crippen LogP contribution is 2.17. The summed E-state index contributed by atoms with van der Waals surface area (Å²) >= 11 is 0. The van der Waals surface area contributed by atoms with Crippen LogP contribution in [0.2, 0.25) is 0 Å². The Balaban J connectivity index is 2.03. The molecule has 0 bridgehead atoms. The molecule has 0 unspecified atom stereocenters. The molecule has 0 saturated heterocycles. The van der Waals surface area contributed by atoms with Gasteiger partial charge in [0, 0.05) is 30.5 Å². The van der Waals surface area contributed by atoms with Gasteiger partial charge in [-0.15, -0.1) is 0 Å². The minimum atomic E-state index is 0.375. The lowest BCUT2D eigenvalue weighted by molar-refractivity contribution is 0.571. The molecule has 1 aromatic heterocycles. The van der Waals surface area contributed by atoms with Gasteiger partial charge in [-0.3, -0.25) is 0 Å². The van der Waals surface area contributed by atoms with Crippen LogP contribution in [-0.2, 0) is 13.1 Å². The first-order valence-electron chi connectivity index (χ1n) is 7.48. The van der Waals surface area contributed by atoms with Gasteiger partial charge in [0.15, 0.2) is 0 Å². The maximum Gasteiger partial charge on any atom is 0.0294 e. The zero-order valence-electron chi connectivity index (χ0n) is 13.3. The van der Waals surface area contributed by atoms with Crippen LogP contribution in [0, 0.1) is 20.8 Å². The van der Waals surface area contributed by atoms with Crippen LogP contribution >= 0.6 is 0 Å². The molecule has 2 heteroatoms. The van der Waals surface area contributed by atoms with E-state index in [9.17, 15) is 0 Å². The SMILES string of the molecule is CCn1c(C)cc(CN[C@H](C)c2ccc(C)cc2)c1C. The molecule has 0 amide bonds. The lowest BCUT2D eigenvalue weighted by atomic mass is 10.1. The van der Waals surface area contributed by atoms with Crippen LogP contribution in [0.25, 0.3) is 0 Å². The van der Waals surface area contributed by atoms with Crippen molar-refractivity contribution in [2.45, 2.75) is 53.8 Å². The summed E-state index contributed by atoms with van der Waals surface area (Å²) in [5.74, 6) is 0. The van der Waals surface area contributed by atoms with E-state index < -0.39 is 0 Å². The lowest BCUT2D eigenvalue weighted by Crippen LogP contribution is -2.18. The van der Waals surface area contributed by atoms with Crippen LogP contribution in [0.3, 0.4) is 0 Å². The van der Waals surface area contributed by atoms with Crippen molar-refractivity contribution in [1.82, 2.24) is 9.88 Å². The lowest BCUT2D eigenvalue weighted by Gasteiger charge is -2.15. The second-order valence-corrected chi connectivity index (χ2v) is 5.65. The monoisotopic (exact) mass is 270 g/mol. The predicted molar refractivity (Wildman–Crippen MR) is 86.0 cm³/mol. The molecule has 1 aromatic carbocycles. The van der Waals surface area contributed by atoms with Crippen molar-refractivity contribution >= 4 is 0 Å². The third-order valence-electron chi connectivity index (χ3n) is 4.17. The van der Waals surface area contributed by atoms with Gasteiger partial charge < -0.3 is 9.88 Å². The van der Waals surface area contributed by atoms with Crippen molar-refractivity contribution < 1.29 is 0 Å². The second-order valence-electron chi connectivity index (χ2n) is 5.65. The molecule has 108 valence electrons. The minimum Gasteiger partial charge on any atom is -0.349 e. The Hall–Kier alpha value is -1.54. The Morgan fingerprint density at radius 2 is 1.75 bits per heavy atom. The Morgan fingerprint density at radius 3 is 2.30 bits per heavy atom. The first-order chi connectivity index (χ1) is 9.52. The molecule has 0 spiro atoms. The summed E-state index contributed by atoms with van der Waals surface area (Å²) in [6, 6.07) is 11.4. The molecule has 0 fully saturated rings. The fraction of sp³-hybridized carbons (Fsp3) is 0.444. The van der Waals surface area contributed by atoms with Crippen LogP contribution in [-0.4, -0.2) is 4.57 Å². The molecule has 20 heavy (non-hydrogen) atoms. The molecular weight excluding hydrogens is 244 g/mol. The van der Waals surface area contributed by atoms with E-state index in [-0.39, 0.29) is 0 Å². The highest BCUT2D eigenvalue weighted by Gasteiger charge is 2.09. The molecule has 1 heterocycles. The van der Waals surface area contributed by atoms with Crippen molar-refractivity contribution in [3.05, 3.63) is 58.4 Å². The summed E-state index contributed by atoms with van der Waals surface area (Å²) in [6.07, 6.45) is 0. The van der Waals surface area contributed by atoms with E-state index in [2.05, 4.69) is 74.8 Å². The smallest absolute Gasteiger partial charge is 0.0294 e. The fourth-order valence-corrected chi connectivity index (χ4v) is 2.77. The van der Waals surface area contributed by atoms with E-state index in [4.69, 9.17) is 0 Å². The van der Waals surface area contributed by atoms with E-state index >= 15 is 0 Å². The van der Waals surface area contributed by atoms with Crippen molar-refractivity contribution in [2.24, 2.45) is 0 Å². The Kier molecular flexibility index (Phi) is 4.66. The summed E-state index contributed by atoms with van der Waals surface area (Å²) in [5.41, 5.74) is 6.80. The van der Waals surface area contributed by atoms with Crippen LogP contribution in [0.5, 0.6) is 0 Å². The zero-order valence-corrected chi connectivity index (χ0v) is 13.3. The highest BCUT2D eigenvalue weighted by molar-refractivity contribution is 5.27. The summed E-state index contributed by atoms with van der Waals surface area (Å²) < 4.78 is 2.37. The Bertz CT molecular complexity index is 564. The average molecular weight is 270 g/mol. The topological polar surface area (TPSA) is 17.0 Å². The quantitative estimate of drug-likeness (QED) is 0.858. The maximum atomic E-state index is 3.63. The third-order valence-corrected chi connectivity index (χ3v) is 4.17. The van der Waals surface area contributed by atoms with E-state index in [0.29, 0.717) is 6.04 Å². The van der Waals surface area contributed by atoms with E-state index in [1.807, 2.05) is 0 Å². The van der Waals surface area contributed by atoms with Crippen LogP contribution < -0.4 is 5.32 Å². The van der Waals surface area contributed by atoms with Gasteiger partial charge >= 0.3 is 0 Å². The number of nitrogens with one attached hydrogen (secondary N) is 1. The van der Waals surface area contributed by atoms with Gasteiger partial charge in [0.05, 0.1) is 0 Å². The van der Waals surface area contributed by atoms with Gasteiger partial charge in [0.25, 0.3) is 0 Å². The maximum absolute atomic E-state index is 3.63. The second kappa shape index (κ2) is 6.27. The summed E-state index contributed by atoms with van der Waals surface area (Å²) in [5, 5.41) is 3.63. The Labute approximate surface area is 122 Å². The zero-order chi connectivity index (χ0) is 14.7. The minimum absolute atomic E-state index is 0.375. The molecule has 2 aromatic rings. The molecule has 1 N–H and O–H groups in total. The molecule has 0 radical (unpaired) electrons. The molecule has 2 rings (SSSR count). The number of hydrogen-bond donors (Lipinski definition) is 1. The van der Waals surface area contributed by atoms with E-state index in [1.165, 1.54) is 28.1 Å². The largest absolute Gasteiger partial charge is 0.349 e. The number of benzene rings is 1. The van der Waals surface area contributed by atoms with Crippen molar-refractivity contribution in [3.63, 3.8) is 0 Å². The van der Waals surface area contributed by atoms with Gasteiger partial charge in [-0.1, -0.05) is 29.8 Å². The Morgan fingerprint density at radius 1 is 1.10 bits per heavy atom. The normalized spacial score (nSPS) is 12.7. The predicted octanol–water partition coefficient (Wildman–Crippen LogP) is 4.28. The van der Waals surface area contributed by atoms with Crippen LogP contribution in [0.15, 0.2) is 30.3 Å². The number of rotatable bonds is 5. The number of aryl methyl sites for hydroxylation is 2. The molecule has 0 aliphatic carbocycles. The summed E-state index contributed by atoms with van der Waals surface area (Å²) in [6.45, 7) is 12.9. The first kappa shape index (κ1) is 14.9. The van der Waals surface area contributed by atoms with Gasteiger partial charge in [0.2, 0.25) is 0 Å². The number of hydrogen-bond acceptors (Lipinski definition) is 1. The molecular formula is C18H26N2. The average Bonchev–Trinajstić information content (AvgIpc) is 2.71. The standard InChI is InChI=1S/C18H26N2/c1-6-20-14(3)11-18(16(20)5)12-19-15(4)17-9-7-13(2)8-10-17/h7-11,15,19H,6,12H2,1-5H3/t15-/m1/s1. The van der Waals surface area contributed by atoms with Gasteiger partial charge in [0.1, 0.15) is 0 Å². The van der Waals surface area contributed by atoms with Crippen molar-refractivity contribution in [2.75, 3.05) is 0 Å².